The lowest BCUT2D eigenvalue weighted by molar-refractivity contribution is -0.130. The summed E-state index contributed by atoms with van der Waals surface area (Å²) < 4.78 is 1.91. The number of nitrogens with zero attached hydrogens (tertiary/aromatic N) is 4. The zero-order chi connectivity index (χ0) is 19.5. The molecule has 0 radical (unpaired) electrons. The topological polar surface area (TPSA) is 80.1 Å². The minimum absolute atomic E-state index is 0.00434. The van der Waals surface area contributed by atoms with E-state index in [4.69, 9.17) is 0 Å². The van der Waals surface area contributed by atoms with Crippen LogP contribution >= 0.6 is 11.8 Å². The number of hydrogen-bond acceptors (Lipinski definition) is 5. The van der Waals surface area contributed by atoms with Crippen LogP contribution in [0.25, 0.3) is 5.69 Å². The van der Waals surface area contributed by atoms with E-state index in [1.165, 1.54) is 11.8 Å². The Labute approximate surface area is 168 Å². The van der Waals surface area contributed by atoms with Crippen molar-refractivity contribution < 1.29 is 9.59 Å². The van der Waals surface area contributed by atoms with Crippen LogP contribution in [0.2, 0.25) is 0 Å². The van der Waals surface area contributed by atoms with E-state index >= 15 is 0 Å². The van der Waals surface area contributed by atoms with Crippen molar-refractivity contribution in [1.82, 2.24) is 25.0 Å². The van der Waals surface area contributed by atoms with Crippen molar-refractivity contribution in [2.75, 3.05) is 18.8 Å². The molecule has 28 heavy (non-hydrogen) atoms. The molecule has 8 heteroatoms. The number of nitrogens with one attached hydrogen (secondary N) is 1. The van der Waals surface area contributed by atoms with Crippen LogP contribution in [0.4, 0.5) is 0 Å². The lowest BCUT2D eigenvalue weighted by atomic mass is 10.1. The van der Waals surface area contributed by atoms with Gasteiger partial charge < -0.3 is 10.2 Å². The summed E-state index contributed by atoms with van der Waals surface area (Å²) in [4.78, 5) is 30.2. The van der Waals surface area contributed by atoms with Crippen molar-refractivity contribution in [3.63, 3.8) is 0 Å². The van der Waals surface area contributed by atoms with Crippen LogP contribution in [0.3, 0.4) is 0 Å². The second-order valence-corrected chi connectivity index (χ2v) is 8.35. The molecule has 1 N–H and O–H groups in total. The van der Waals surface area contributed by atoms with Gasteiger partial charge in [-0.15, -0.1) is 5.10 Å². The van der Waals surface area contributed by atoms with Crippen molar-refractivity contribution in [3.05, 3.63) is 36.2 Å². The predicted molar refractivity (Wildman–Crippen MR) is 107 cm³/mol. The van der Waals surface area contributed by atoms with Crippen LogP contribution in [0.5, 0.6) is 0 Å². The fourth-order valence-corrected chi connectivity index (χ4v) is 4.11. The molecule has 2 aliphatic rings. The standard InChI is InChI=1S/C20H25N5O2S/c1-14(26)24-11-9-16(10-12-24)21-18(27)13-28-20-22-19(15-7-8-15)25(23-20)17-5-3-2-4-6-17/h2-6,15-16H,7-13H2,1H3,(H,21,27). The molecule has 1 aliphatic heterocycles. The Morgan fingerprint density at radius 1 is 1.14 bits per heavy atom. The molecule has 0 spiro atoms. The molecule has 0 bridgehead atoms. The average Bonchev–Trinajstić information content (AvgIpc) is 3.47. The number of likely N-dealkylation sites (tertiary alicyclic amines) is 1. The number of hydrogen-bond donors (Lipinski definition) is 1. The minimum atomic E-state index is -0.00434. The first-order valence-corrected chi connectivity index (χ1v) is 10.8. The van der Waals surface area contributed by atoms with Crippen molar-refractivity contribution in [1.29, 1.82) is 0 Å². The first-order chi connectivity index (χ1) is 13.6. The molecule has 1 aromatic carbocycles. The number of para-hydroxylation sites is 1. The zero-order valence-corrected chi connectivity index (χ0v) is 16.8. The highest BCUT2D eigenvalue weighted by Gasteiger charge is 2.30. The average molecular weight is 400 g/mol. The van der Waals surface area contributed by atoms with E-state index in [0.29, 0.717) is 29.9 Å². The maximum atomic E-state index is 12.3. The second kappa shape index (κ2) is 8.34. The summed E-state index contributed by atoms with van der Waals surface area (Å²) in [7, 11) is 0. The number of thioether (sulfide) groups is 1. The Kier molecular flexibility index (Phi) is 5.66. The molecule has 2 amide bonds. The van der Waals surface area contributed by atoms with E-state index in [2.05, 4.69) is 15.4 Å². The summed E-state index contributed by atoms with van der Waals surface area (Å²) in [5.74, 6) is 1.87. The number of carbonyl (C=O) groups is 2. The molecule has 2 aromatic rings. The molecule has 2 heterocycles. The van der Waals surface area contributed by atoms with Gasteiger partial charge in [0.25, 0.3) is 0 Å². The molecule has 1 saturated heterocycles. The number of benzene rings is 1. The molecule has 1 aliphatic carbocycles. The van der Waals surface area contributed by atoms with E-state index in [1.54, 1.807) is 6.92 Å². The van der Waals surface area contributed by atoms with Gasteiger partial charge in [0.05, 0.1) is 11.4 Å². The third-order valence-corrected chi connectivity index (χ3v) is 6.03. The van der Waals surface area contributed by atoms with Crippen LogP contribution in [0.1, 0.15) is 44.3 Å². The van der Waals surface area contributed by atoms with Crippen LogP contribution in [0.15, 0.2) is 35.5 Å². The van der Waals surface area contributed by atoms with Gasteiger partial charge in [0.15, 0.2) is 0 Å². The van der Waals surface area contributed by atoms with Gasteiger partial charge in [-0.25, -0.2) is 9.67 Å². The Balaban J connectivity index is 1.32. The van der Waals surface area contributed by atoms with E-state index < -0.39 is 0 Å². The summed E-state index contributed by atoms with van der Waals surface area (Å²) in [5, 5.41) is 8.36. The smallest absolute Gasteiger partial charge is 0.230 e. The number of rotatable bonds is 6. The third-order valence-electron chi connectivity index (χ3n) is 5.19. The molecule has 1 aromatic heterocycles. The fourth-order valence-electron chi connectivity index (χ4n) is 3.47. The van der Waals surface area contributed by atoms with Crippen molar-refractivity contribution in [2.24, 2.45) is 0 Å². The summed E-state index contributed by atoms with van der Waals surface area (Å²) in [6.45, 7) is 3.01. The van der Waals surface area contributed by atoms with E-state index in [9.17, 15) is 9.59 Å². The van der Waals surface area contributed by atoms with Crippen molar-refractivity contribution in [3.8, 4) is 5.69 Å². The van der Waals surface area contributed by atoms with Gasteiger partial charge in [-0.1, -0.05) is 30.0 Å². The summed E-state index contributed by atoms with van der Waals surface area (Å²) in [6, 6.07) is 10.2. The molecule has 1 saturated carbocycles. The van der Waals surface area contributed by atoms with Gasteiger partial charge in [-0.2, -0.15) is 0 Å². The number of aromatic nitrogens is 3. The van der Waals surface area contributed by atoms with Crippen LogP contribution in [0, 0.1) is 0 Å². The summed E-state index contributed by atoms with van der Waals surface area (Å²) >= 11 is 1.38. The maximum absolute atomic E-state index is 12.3. The highest BCUT2D eigenvalue weighted by atomic mass is 32.2. The van der Waals surface area contributed by atoms with Gasteiger partial charge in [0, 0.05) is 32.0 Å². The molecule has 7 nitrogen and oxygen atoms in total. The SMILES string of the molecule is CC(=O)N1CCC(NC(=O)CSc2nc(C3CC3)n(-c3ccccc3)n2)CC1. The molecule has 4 rings (SSSR count). The fraction of sp³-hybridized carbons (Fsp3) is 0.500. The quantitative estimate of drug-likeness (QED) is 0.755. The van der Waals surface area contributed by atoms with Gasteiger partial charge in [-0.3, -0.25) is 9.59 Å². The lowest BCUT2D eigenvalue weighted by Crippen LogP contribution is -2.46. The van der Waals surface area contributed by atoms with Crippen LogP contribution in [-0.2, 0) is 9.59 Å². The number of piperidine rings is 1. The maximum Gasteiger partial charge on any atom is 0.230 e. The Morgan fingerprint density at radius 3 is 2.50 bits per heavy atom. The summed E-state index contributed by atoms with van der Waals surface area (Å²) in [6.07, 6.45) is 3.91. The van der Waals surface area contributed by atoms with Crippen molar-refractivity contribution in [2.45, 2.75) is 49.7 Å². The van der Waals surface area contributed by atoms with Gasteiger partial charge in [-0.05, 0) is 37.8 Å². The summed E-state index contributed by atoms with van der Waals surface area (Å²) in [5.41, 5.74) is 1.01. The normalized spacial score (nSPS) is 17.5. The molecule has 2 fully saturated rings. The molecule has 148 valence electrons. The van der Waals surface area contributed by atoms with E-state index in [-0.39, 0.29) is 17.9 Å². The van der Waals surface area contributed by atoms with E-state index in [0.717, 1.165) is 37.2 Å². The highest BCUT2D eigenvalue weighted by Crippen LogP contribution is 2.40. The first kappa shape index (κ1) is 19.0. The van der Waals surface area contributed by atoms with Gasteiger partial charge in [0.2, 0.25) is 17.0 Å². The Hall–Kier alpha value is -2.35. The van der Waals surface area contributed by atoms with Crippen LogP contribution < -0.4 is 5.32 Å². The predicted octanol–water partition coefficient (Wildman–Crippen LogP) is 2.36. The number of amides is 2. The Bertz CT molecular complexity index is 842. The molecular weight excluding hydrogens is 374 g/mol. The highest BCUT2D eigenvalue weighted by molar-refractivity contribution is 7.99. The van der Waals surface area contributed by atoms with Gasteiger partial charge >= 0.3 is 0 Å². The molecule has 0 atom stereocenters. The molecular formula is C20H25N5O2S. The molecule has 0 unspecified atom stereocenters. The third kappa shape index (κ3) is 4.55. The van der Waals surface area contributed by atoms with Gasteiger partial charge in [0.1, 0.15) is 5.82 Å². The van der Waals surface area contributed by atoms with Crippen LogP contribution in [-0.4, -0.2) is 56.4 Å². The monoisotopic (exact) mass is 399 g/mol. The zero-order valence-electron chi connectivity index (χ0n) is 16.0. The minimum Gasteiger partial charge on any atom is -0.353 e. The van der Waals surface area contributed by atoms with E-state index in [1.807, 2.05) is 39.9 Å². The second-order valence-electron chi connectivity index (χ2n) is 7.41. The lowest BCUT2D eigenvalue weighted by Gasteiger charge is -2.31. The number of carbonyl (C=O) groups excluding carboxylic acids is 2. The largest absolute Gasteiger partial charge is 0.353 e. The Morgan fingerprint density at radius 2 is 1.86 bits per heavy atom. The van der Waals surface area contributed by atoms with Crippen molar-refractivity contribution >= 4 is 23.6 Å². The first-order valence-electron chi connectivity index (χ1n) is 9.80.